The number of carbonyl (C=O) groups excluding carboxylic acids is 1. The molecule has 1 atom stereocenters. The molecular formula is C17H20N4O3. The van der Waals surface area contributed by atoms with Gasteiger partial charge in [0.25, 0.3) is 11.5 Å². The highest BCUT2D eigenvalue weighted by Crippen LogP contribution is 2.38. The van der Waals surface area contributed by atoms with E-state index in [9.17, 15) is 9.59 Å². The van der Waals surface area contributed by atoms with Gasteiger partial charge in [0, 0.05) is 24.6 Å². The maximum Gasteiger partial charge on any atom is 0.276 e. The standard InChI is InChI=1S/C17H20N4O3/c1-11-9-15(19-24-11)17(23)20-8-2-3-13(20)10-21-16(22)7-6-14(18-21)12-4-5-12/h6-7,9,12-13H,2-5,8,10H2,1H3. The van der Waals surface area contributed by atoms with Crippen LogP contribution < -0.4 is 5.56 Å². The number of nitrogens with zero attached hydrogens (tertiary/aromatic N) is 4. The van der Waals surface area contributed by atoms with E-state index in [0.29, 0.717) is 30.5 Å². The summed E-state index contributed by atoms with van der Waals surface area (Å²) in [6.07, 6.45) is 4.07. The van der Waals surface area contributed by atoms with E-state index < -0.39 is 0 Å². The molecule has 1 aliphatic heterocycles. The Kier molecular flexibility index (Phi) is 3.70. The maximum absolute atomic E-state index is 12.6. The molecule has 1 unspecified atom stereocenters. The number of carbonyl (C=O) groups is 1. The molecule has 126 valence electrons. The van der Waals surface area contributed by atoms with Gasteiger partial charge in [-0.15, -0.1) is 0 Å². The SMILES string of the molecule is Cc1cc(C(=O)N2CCCC2Cn2nc(C3CC3)ccc2=O)no1. The minimum atomic E-state index is -0.138. The minimum Gasteiger partial charge on any atom is -0.361 e. The van der Waals surface area contributed by atoms with Crippen molar-refractivity contribution in [2.45, 2.75) is 51.1 Å². The van der Waals surface area contributed by atoms with Crippen LogP contribution >= 0.6 is 0 Å². The molecule has 0 aromatic carbocycles. The van der Waals surface area contributed by atoms with Crippen LogP contribution in [0.1, 0.15) is 53.5 Å². The first kappa shape index (κ1) is 15.1. The molecule has 4 rings (SSSR count). The maximum atomic E-state index is 12.6. The van der Waals surface area contributed by atoms with Crippen molar-refractivity contribution in [3.63, 3.8) is 0 Å². The Morgan fingerprint density at radius 2 is 2.17 bits per heavy atom. The first-order valence-electron chi connectivity index (χ1n) is 8.44. The van der Waals surface area contributed by atoms with Crippen molar-refractivity contribution >= 4 is 5.91 Å². The lowest BCUT2D eigenvalue weighted by Gasteiger charge is -2.24. The topological polar surface area (TPSA) is 81.2 Å². The Morgan fingerprint density at radius 3 is 2.88 bits per heavy atom. The van der Waals surface area contributed by atoms with Gasteiger partial charge in [-0.3, -0.25) is 9.59 Å². The number of rotatable bonds is 4. The molecule has 2 aromatic heterocycles. The summed E-state index contributed by atoms with van der Waals surface area (Å²) in [7, 11) is 0. The summed E-state index contributed by atoms with van der Waals surface area (Å²) in [6.45, 7) is 2.87. The number of likely N-dealkylation sites (tertiary alicyclic amines) is 1. The predicted molar refractivity (Wildman–Crippen MR) is 85.8 cm³/mol. The Balaban J connectivity index is 1.54. The van der Waals surface area contributed by atoms with E-state index in [1.165, 1.54) is 4.68 Å². The van der Waals surface area contributed by atoms with E-state index in [0.717, 1.165) is 31.4 Å². The molecule has 3 heterocycles. The van der Waals surface area contributed by atoms with Crippen molar-refractivity contribution in [1.29, 1.82) is 0 Å². The van der Waals surface area contributed by atoms with Crippen molar-refractivity contribution in [2.75, 3.05) is 6.54 Å². The molecule has 1 saturated carbocycles. The predicted octanol–water partition coefficient (Wildman–Crippen LogP) is 1.72. The highest BCUT2D eigenvalue weighted by molar-refractivity contribution is 5.92. The number of amides is 1. The Hall–Kier alpha value is -2.44. The Labute approximate surface area is 139 Å². The second kappa shape index (κ2) is 5.89. The van der Waals surface area contributed by atoms with Crippen molar-refractivity contribution < 1.29 is 9.32 Å². The number of hydrogen-bond acceptors (Lipinski definition) is 5. The molecule has 0 spiro atoms. The second-order valence-electron chi connectivity index (χ2n) is 6.67. The van der Waals surface area contributed by atoms with Gasteiger partial charge in [-0.05, 0) is 38.7 Å². The quantitative estimate of drug-likeness (QED) is 0.853. The smallest absolute Gasteiger partial charge is 0.276 e. The van der Waals surface area contributed by atoms with Gasteiger partial charge in [0.2, 0.25) is 0 Å². The van der Waals surface area contributed by atoms with Gasteiger partial charge < -0.3 is 9.42 Å². The molecule has 2 aromatic rings. The molecule has 1 saturated heterocycles. The van der Waals surface area contributed by atoms with Gasteiger partial charge in [-0.2, -0.15) is 5.10 Å². The first-order chi connectivity index (χ1) is 11.6. The molecular weight excluding hydrogens is 308 g/mol. The van der Waals surface area contributed by atoms with E-state index in [1.807, 2.05) is 6.07 Å². The van der Waals surface area contributed by atoms with Crippen molar-refractivity contribution in [3.05, 3.63) is 45.7 Å². The van der Waals surface area contributed by atoms with E-state index in [-0.39, 0.29) is 17.5 Å². The van der Waals surface area contributed by atoms with Crippen molar-refractivity contribution in [2.24, 2.45) is 0 Å². The fourth-order valence-corrected chi connectivity index (χ4v) is 3.30. The summed E-state index contributed by atoms with van der Waals surface area (Å²) in [4.78, 5) is 26.5. The molecule has 0 radical (unpaired) electrons. The zero-order chi connectivity index (χ0) is 16.7. The minimum absolute atomic E-state index is 0.0332. The molecule has 2 fully saturated rings. The van der Waals surface area contributed by atoms with Crippen LogP contribution in [0, 0.1) is 6.92 Å². The van der Waals surface area contributed by atoms with E-state index >= 15 is 0 Å². The van der Waals surface area contributed by atoms with Crippen LogP contribution in [-0.4, -0.2) is 38.3 Å². The van der Waals surface area contributed by atoms with Gasteiger partial charge in [-0.1, -0.05) is 5.16 Å². The summed E-state index contributed by atoms with van der Waals surface area (Å²) in [6, 6.07) is 5.03. The fraction of sp³-hybridized carbons (Fsp3) is 0.529. The average Bonchev–Trinajstić information content (AvgIpc) is 3.17. The third-order valence-electron chi connectivity index (χ3n) is 4.75. The van der Waals surface area contributed by atoms with Crippen LogP contribution in [0.2, 0.25) is 0 Å². The normalized spacial score (nSPS) is 20.5. The summed E-state index contributed by atoms with van der Waals surface area (Å²) < 4.78 is 6.51. The summed E-state index contributed by atoms with van der Waals surface area (Å²) in [5.41, 5.74) is 1.19. The van der Waals surface area contributed by atoms with Crippen LogP contribution in [0.25, 0.3) is 0 Å². The summed E-state index contributed by atoms with van der Waals surface area (Å²) in [5.74, 6) is 0.973. The van der Waals surface area contributed by atoms with E-state index in [1.54, 1.807) is 24.0 Å². The van der Waals surface area contributed by atoms with Crippen molar-refractivity contribution in [1.82, 2.24) is 19.8 Å². The highest BCUT2D eigenvalue weighted by Gasteiger charge is 2.32. The monoisotopic (exact) mass is 328 g/mol. The number of hydrogen-bond donors (Lipinski definition) is 0. The number of aryl methyl sites for hydroxylation is 1. The van der Waals surface area contributed by atoms with Gasteiger partial charge >= 0.3 is 0 Å². The van der Waals surface area contributed by atoms with Crippen LogP contribution in [0.3, 0.4) is 0 Å². The fourth-order valence-electron chi connectivity index (χ4n) is 3.30. The lowest BCUT2D eigenvalue weighted by atomic mass is 10.2. The first-order valence-corrected chi connectivity index (χ1v) is 8.44. The zero-order valence-corrected chi connectivity index (χ0v) is 13.6. The summed E-state index contributed by atoms with van der Waals surface area (Å²) in [5, 5.41) is 8.32. The molecule has 2 aliphatic rings. The lowest BCUT2D eigenvalue weighted by molar-refractivity contribution is 0.0709. The highest BCUT2D eigenvalue weighted by atomic mass is 16.5. The van der Waals surface area contributed by atoms with Gasteiger partial charge in [0.05, 0.1) is 18.3 Å². The van der Waals surface area contributed by atoms with E-state index in [4.69, 9.17) is 4.52 Å². The van der Waals surface area contributed by atoms with Crippen LogP contribution in [0.5, 0.6) is 0 Å². The van der Waals surface area contributed by atoms with Gasteiger partial charge in [-0.25, -0.2) is 4.68 Å². The Bertz CT molecular complexity index is 821. The second-order valence-corrected chi connectivity index (χ2v) is 6.67. The lowest BCUT2D eigenvalue weighted by Crippen LogP contribution is -2.40. The van der Waals surface area contributed by atoms with Crippen LogP contribution in [0.4, 0.5) is 0 Å². The molecule has 7 nitrogen and oxygen atoms in total. The average molecular weight is 328 g/mol. The van der Waals surface area contributed by atoms with Crippen LogP contribution in [-0.2, 0) is 6.54 Å². The molecule has 1 amide bonds. The molecule has 0 bridgehead atoms. The summed E-state index contributed by atoms with van der Waals surface area (Å²) >= 11 is 0. The molecule has 24 heavy (non-hydrogen) atoms. The van der Waals surface area contributed by atoms with Gasteiger partial charge in [0.1, 0.15) is 5.76 Å². The molecule has 7 heteroatoms. The Morgan fingerprint density at radius 1 is 1.33 bits per heavy atom. The van der Waals surface area contributed by atoms with E-state index in [2.05, 4.69) is 10.3 Å². The third kappa shape index (κ3) is 2.86. The molecule has 1 aliphatic carbocycles. The molecule has 0 N–H and O–H groups in total. The largest absolute Gasteiger partial charge is 0.361 e. The number of aromatic nitrogens is 3. The zero-order valence-electron chi connectivity index (χ0n) is 13.6. The third-order valence-corrected chi connectivity index (χ3v) is 4.75. The van der Waals surface area contributed by atoms with Crippen LogP contribution in [0.15, 0.2) is 27.5 Å². The van der Waals surface area contributed by atoms with Crippen molar-refractivity contribution in [3.8, 4) is 0 Å². The van der Waals surface area contributed by atoms with Gasteiger partial charge in [0.15, 0.2) is 5.69 Å².